The lowest BCUT2D eigenvalue weighted by atomic mass is 10.0. The average molecular weight is 658 g/mol. The first-order valence-electron chi connectivity index (χ1n) is 16.6. The fourth-order valence-corrected chi connectivity index (χ4v) is 8.32. The highest BCUT2D eigenvalue weighted by atomic mass is 32.1. The Morgan fingerprint density at radius 3 is 1.60 bits per heavy atom. The SMILES string of the molecule is c1ccc(-c2nc(-c3ccccc3)nc(-c3ccc4c(c3)c3c5c(sc3n4-c3ccccc3)c(-c3ccccc3)nc3ccccc35)n2)cc1. The van der Waals surface area contributed by atoms with Crippen LogP contribution in [0.25, 0.3) is 93.2 Å². The number of rotatable bonds is 5. The van der Waals surface area contributed by atoms with E-state index < -0.39 is 0 Å². The molecule has 10 rings (SSSR count). The standard InChI is InChI=1S/C44H27N5S/c1-5-15-28(16-6-1)39-40-37(33-23-13-14-24-35(33)45-39)38-34-27-31(25-26-36(34)49(44(38)50-40)32-21-11-4-12-22-32)43-47-41(29-17-7-2-8-18-29)46-42(48-43)30-19-9-3-10-20-30/h1-27H. The molecule has 0 spiro atoms. The lowest BCUT2D eigenvalue weighted by molar-refractivity contribution is 1.07. The van der Waals surface area contributed by atoms with Gasteiger partial charge in [-0.25, -0.2) is 19.9 Å². The first-order valence-corrected chi connectivity index (χ1v) is 17.4. The Labute approximate surface area is 291 Å². The van der Waals surface area contributed by atoms with Crippen LogP contribution in [0.1, 0.15) is 0 Å². The van der Waals surface area contributed by atoms with E-state index in [4.69, 9.17) is 19.9 Å². The second-order valence-corrected chi connectivity index (χ2v) is 13.3. The molecule has 4 aromatic heterocycles. The number of para-hydroxylation sites is 2. The maximum atomic E-state index is 5.25. The van der Waals surface area contributed by atoms with Crippen LogP contribution in [0.5, 0.6) is 0 Å². The van der Waals surface area contributed by atoms with Gasteiger partial charge in [-0.05, 0) is 36.4 Å². The van der Waals surface area contributed by atoms with E-state index in [0.717, 1.165) is 55.4 Å². The van der Waals surface area contributed by atoms with Crippen molar-refractivity contribution in [2.75, 3.05) is 0 Å². The van der Waals surface area contributed by atoms with E-state index in [1.807, 2.05) is 60.7 Å². The third-order valence-electron chi connectivity index (χ3n) is 9.24. The number of nitrogens with zero attached hydrogens (tertiary/aromatic N) is 5. The second kappa shape index (κ2) is 11.6. The quantitative estimate of drug-likeness (QED) is 0.185. The van der Waals surface area contributed by atoms with Gasteiger partial charge in [0.15, 0.2) is 17.5 Å². The van der Waals surface area contributed by atoms with E-state index in [1.54, 1.807) is 11.3 Å². The molecule has 0 fully saturated rings. The summed E-state index contributed by atoms with van der Waals surface area (Å²) in [5, 5.41) is 4.72. The second-order valence-electron chi connectivity index (χ2n) is 12.3. The molecule has 6 aromatic carbocycles. The third kappa shape index (κ3) is 4.61. The Balaban J connectivity index is 1.31. The summed E-state index contributed by atoms with van der Waals surface area (Å²) in [6, 6.07) is 56.5. The monoisotopic (exact) mass is 657 g/mol. The van der Waals surface area contributed by atoms with E-state index in [1.165, 1.54) is 20.3 Å². The molecule has 0 atom stereocenters. The smallest absolute Gasteiger partial charge is 0.164 e. The van der Waals surface area contributed by atoms with Crippen molar-refractivity contribution in [2.24, 2.45) is 0 Å². The molecular formula is C44H27N5S. The average Bonchev–Trinajstić information content (AvgIpc) is 3.74. The predicted molar refractivity (Wildman–Crippen MR) is 207 cm³/mol. The summed E-state index contributed by atoms with van der Waals surface area (Å²) >= 11 is 1.81. The Bertz CT molecular complexity index is 2790. The topological polar surface area (TPSA) is 56.5 Å². The summed E-state index contributed by atoms with van der Waals surface area (Å²) in [5.41, 5.74) is 8.16. The highest BCUT2D eigenvalue weighted by Gasteiger charge is 2.23. The minimum absolute atomic E-state index is 0.635. The first-order chi connectivity index (χ1) is 24.8. The molecule has 234 valence electrons. The molecule has 0 aliphatic carbocycles. The van der Waals surface area contributed by atoms with E-state index in [2.05, 4.69) is 108 Å². The molecule has 0 aliphatic heterocycles. The summed E-state index contributed by atoms with van der Waals surface area (Å²) in [7, 11) is 0. The number of aromatic nitrogens is 5. The lowest BCUT2D eigenvalue weighted by Gasteiger charge is -2.10. The van der Waals surface area contributed by atoms with Crippen LogP contribution in [0.4, 0.5) is 0 Å². The van der Waals surface area contributed by atoms with E-state index in [0.29, 0.717) is 17.5 Å². The van der Waals surface area contributed by atoms with Gasteiger partial charge >= 0.3 is 0 Å². The minimum Gasteiger partial charge on any atom is -0.301 e. The van der Waals surface area contributed by atoms with Crippen LogP contribution in [0.2, 0.25) is 0 Å². The Morgan fingerprint density at radius 1 is 0.420 bits per heavy atom. The molecule has 0 unspecified atom stereocenters. The van der Waals surface area contributed by atoms with Gasteiger partial charge in [0, 0.05) is 49.5 Å². The van der Waals surface area contributed by atoms with Crippen molar-refractivity contribution in [3.63, 3.8) is 0 Å². The Hall–Kier alpha value is -6.50. The molecule has 0 saturated carbocycles. The maximum Gasteiger partial charge on any atom is 0.164 e. The normalized spacial score (nSPS) is 11.6. The van der Waals surface area contributed by atoms with E-state index in [-0.39, 0.29) is 0 Å². The van der Waals surface area contributed by atoms with Crippen molar-refractivity contribution >= 4 is 53.4 Å². The number of thiophene rings is 1. The van der Waals surface area contributed by atoms with Gasteiger partial charge in [-0.2, -0.15) is 0 Å². The number of fused-ring (bicyclic) bond motifs is 7. The largest absolute Gasteiger partial charge is 0.301 e. The van der Waals surface area contributed by atoms with Crippen LogP contribution < -0.4 is 0 Å². The molecule has 5 nitrogen and oxygen atoms in total. The van der Waals surface area contributed by atoms with Gasteiger partial charge in [0.25, 0.3) is 0 Å². The Morgan fingerprint density at radius 2 is 0.960 bits per heavy atom. The molecular weight excluding hydrogens is 631 g/mol. The fraction of sp³-hybridized carbons (Fsp3) is 0. The highest BCUT2D eigenvalue weighted by molar-refractivity contribution is 7.26. The van der Waals surface area contributed by atoms with Crippen molar-refractivity contribution in [1.29, 1.82) is 0 Å². The number of benzene rings is 6. The van der Waals surface area contributed by atoms with E-state index >= 15 is 0 Å². The van der Waals surface area contributed by atoms with Gasteiger partial charge in [0.2, 0.25) is 0 Å². The minimum atomic E-state index is 0.635. The molecule has 0 N–H and O–H groups in total. The summed E-state index contributed by atoms with van der Waals surface area (Å²) in [5.74, 6) is 1.93. The van der Waals surface area contributed by atoms with Crippen molar-refractivity contribution in [1.82, 2.24) is 24.5 Å². The van der Waals surface area contributed by atoms with Crippen LogP contribution in [-0.4, -0.2) is 24.5 Å². The van der Waals surface area contributed by atoms with Gasteiger partial charge in [-0.15, -0.1) is 11.3 Å². The molecule has 50 heavy (non-hydrogen) atoms. The summed E-state index contributed by atoms with van der Waals surface area (Å²) in [6.45, 7) is 0. The molecule has 0 saturated heterocycles. The summed E-state index contributed by atoms with van der Waals surface area (Å²) in [4.78, 5) is 21.5. The van der Waals surface area contributed by atoms with Crippen LogP contribution in [0.15, 0.2) is 164 Å². The van der Waals surface area contributed by atoms with Crippen molar-refractivity contribution in [3.8, 4) is 51.1 Å². The van der Waals surface area contributed by atoms with Crippen molar-refractivity contribution in [2.45, 2.75) is 0 Å². The van der Waals surface area contributed by atoms with E-state index in [9.17, 15) is 0 Å². The van der Waals surface area contributed by atoms with Crippen LogP contribution in [0.3, 0.4) is 0 Å². The zero-order chi connectivity index (χ0) is 33.0. The predicted octanol–water partition coefficient (Wildman–Crippen LogP) is 11.4. The number of pyridine rings is 1. The highest BCUT2D eigenvalue weighted by Crippen LogP contribution is 2.48. The van der Waals surface area contributed by atoms with Gasteiger partial charge in [0.1, 0.15) is 4.83 Å². The van der Waals surface area contributed by atoms with Crippen LogP contribution in [0, 0.1) is 0 Å². The molecule has 6 heteroatoms. The Kier molecular flexibility index (Phi) is 6.60. The number of hydrogen-bond acceptors (Lipinski definition) is 5. The van der Waals surface area contributed by atoms with Crippen molar-refractivity contribution in [3.05, 3.63) is 164 Å². The van der Waals surface area contributed by atoms with Gasteiger partial charge in [0.05, 0.1) is 21.4 Å². The zero-order valence-corrected chi connectivity index (χ0v) is 27.5. The third-order valence-corrected chi connectivity index (χ3v) is 10.4. The molecule has 0 radical (unpaired) electrons. The van der Waals surface area contributed by atoms with Crippen molar-refractivity contribution < 1.29 is 0 Å². The maximum absolute atomic E-state index is 5.25. The van der Waals surface area contributed by atoms with Crippen LogP contribution in [-0.2, 0) is 0 Å². The zero-order valence-electron chi connectivity index (χ0n) is 26.7. The van der Waals surface area contributed by atoms with Gasteiger partial charge in [-0.1, -0.05) is 127 Å². The summed E-state index contributed by atoms with van der Waals surface area (Å²) in [6.07, 6.45) is 0. The van der Waals surface area contributed by atoms with Gasteiger partial charge in [-0.3, -0.25) is 0 Å². The molecule has 0 bridgehead atoms. The first kappa shape index (κ1) is 28.5. The molecule has 4 heterocycles. The molecule has 0 amide bonds. The lowest BCUT2D eigenvalue weighted by Crippen LogP contribution is -2.00. The number of hydrogen-bond donors (Lipinski definition) is 0. The molecule has 0 aliphatic rings. The van der Waals surface area contributed by atoms with Gasteiger partial charge < -0.3 is 4.57 Å². The fourth-order valence-electron chi connectivity index (χ4n) is 6.95. The van der Waals surface area contributed by atoms with Crippen LogP contribution >= 0.6 is 11.3 Å². The molecule has 10 aromatic rings. The summed E-state index contributed by atoms with van der Waals surface area (Å²) < 4.78 is 3.57.